The van der Waals surface area contributed by atoms with Crippen molar-refractivity contribution in [2.45, 2.75) is 25.9 Å². The molecule has 5 heteroatoms. The lowest BCUT2D eigenvalue weighted by Gasteiger charge is -2.10. The minimum absolute atomic E-state index is 0.0391. The molecule has 0 aliphatic heterocycles. The second kappa shape index (κ2) is 7.84. The maximum Gasteiger partial charge on any atom is 0.152 e. The summed E-state index contributed by atoms with van der Waals surface area (Å²) in [5.74, 6) is -0.0772. The van der Waals surface area contributed by atoms with Crippen molar-refractivity contribution in [3.8, 4) is 0 Å². The molecule has 0 spiro atoms. The van der Waals surface area contributed by atoms with E-state index >= 15 is 0 Å². The number of aliphatic hydroxyl groups is 1. The summed E-state index contributed by atoms with van der Waals surface area (Å²) in [6.07, 6.45) is 2.09. The molecule has 0 amide bonds. The third-order valence-electron chi connectivity index (χ3n) is 1.80. The molecule has 4 nitrogen and oxygen atoms in total. The Morgan fingerprint density at radius 1 is 1.53 bits per heavy atom. The van der Waals surface area contributed by atoms with Crippen LogP contribution in [0.3, 0.4) is 0 Å². The molecule has 1 N–H and O–H groups in total. The van der Waals surface area contributed by atoms with Crippen LogP contribution in [-0.2, 0) is 14.6 Å². The lowest BCUT2D eigenvalue weighted by Crippen LogP contribution is -2.27. The van der Waals surface area contributed by atoms with Crippen LogP contribution in [0.1, 0.15) is 19.8 Å². The van der Waals surface area contributed by atoms with Crippen molar-refractivity contribution in [3.63, 3.8) is 0 Å². The highest BCUT2D eigenvalue weighted by molar-refractivity contribution is 7.91. The average molecular weight is 236 g/mol. The van der Waals surface area contributed by atoms with Crippen molar-refractivity contribution in [3.05, 3.63) is 12.7 Å². The fourth-order valence-corrected chi connectivity index (χ4v) is 2.65. The molecule has 0 bridgehead atoms. The summed E-state index contributed by atoms with van der Waals surface area (Å²) in [5.41, 5.74) is 0. The molecule has 0 heterocycles. The summed E-state index contributed by atoms with van der Waals surface area (Å²) in [4.78, 5) is 0. The standard InChI is InChI=1S/C10H20O4S/c1-3-5-7-15(12,13)9-10(11)8-14-6-4-2/h4,10-11H,2-3,5-9H2,1H3/t10-/m0/s1. The Balaban J connectivity index is 3.82. The fraction of sp³-hybridized carbons (Fsp3) is 0.800. The van der Waals surface area contributed by atoms with E-state index in [-0.39, 0.29) is 18.1 Å². The van der Waals surface area contributed by atoms with Crippen molar-refractivity contribution in [1.82, 2.24) is 0 Å². The van der Waals surface area contributed by atoms with Crippen LogP contribution in [0.15, 0.2) is 12.7 Å². The second-order valence-electron chi connectivity index (χ2n) is 3.45. The van der Waals surface area contributed by atoms with Crippen molar-refractivity contribution in [2.75, 3.05) is 24.7 Å². The number of hydrogen-bond acceptors (Lipinski definition) is 4. The minimum atomic E-state index is -3.14. The molecule has 0 saturated carbocycles. The molecular formula is C10H20O4S. The predicted octanol–water partition coefficient (Wildman–Crippen LogP) is 0.765. The first kappa shape index (κ1) is 14.6. The van der Waals surface area contributed by atoms with E-state index in [0.29, 0.717) is 13.0 Å². The van der Waals surface area contributed by atoms with Crippen LogP contribution >= 0.6 is 0 Å². The van der Waals surface area contributed by atoms with Crippen LogP contribution in [-0.4, -0.2) is 44.3 Å². The first-order chi connectivity index (χ1) is 7.02. The lowest BCUT2D eigenvalue weighted by atomic mass is 10.4. The van der Waals surface area contributed by atoms with E-state index < -0.39 is 15.9 Å². The maximum atomic E-state index is 11.4. The number of hydrogen-bond donors (Lipinski definition) is 1. The smallest absolute Gasteiger partial charge is 0.152 e. The number of unbranched alkanes of at least 4 members (excludes halogenated alkanes) is 1. The predicted molar refractivity (Wildman–Crippen MR) is 60.6 cm³/mol. The van der Waals surface area contributed by atoms with E-state index in [4.69, 9.17) is 4.74 Å². The molecule has 15 heavy (non-hydrogen) atoms. The monoisotopic (exact) mass is 236 g/mol. The molecule has 0 aromatic heterocycles. The van der Waals surface area contributed by atoms with Crippen LogP contribution in [0, 0.1) is 0 Å². The summed E-state index contributed by atoms with van der Waals surface area (Å²) in [5, 5.41) is 9.37. The number of sulfone groups is 1. The molecule has 0 aromatic rings. The second-order valence-corrected chi connectivity index (χ2v) is 5.68. The van der Waals surface area contributed by atoms with Crippen LogP contribution in [0.4, 0.5) is 0 Å². The molecule has 90 valence electrons. The van der Waals surface area contributed by atoms with Gasteiger partial charge in [-0.05, 0) is 6.42 Å². The van der Waals surface area contributed by atoms with E-state index in [0.717, 1.165) is 6.42 Å². The Morgan fingerprint density at radius 2 is 2.20 bits per heavy atom. The Morgan fingerprint density at radius 3 is 2.73 bits per heavy atom. The van der Waals surface area contributed by atoms with E-state index in [1.54, 1.807) is 6.08 Å². The normalized spacial score (nSPS) is 13.7. The fourth-order valence-electron chi connectivity index (χ4n) is 1.08. The van der Waals surface area contributed by atoms with Crippen molar-refractivity contribution in [1.29, 1.82) is 0 Å². The number of aliphatic hydroxyl groups excluding tert-OH is 1. The van der Waals surface area contributed by atoms with Crippen LogP contribution in [0.5, 0.6) is 0 Å². The Labute approximate surface area is 91.9 Å². The van der Waals surface area contributed by atoms with E-state index in [1.165, 1.54) is 0 Å². The molecule has 0 saturated heterocycles. The Hall–Kier alpha value is -0.390. The highest BCUT2D eigenvalue weighted by Gasteiger charge is 2.16. The van der Waals surface area contributed by atoms with Gasteiger partial charge < -0.3 is 9.84 Å². The van der Waals surface area contributed by atoms with Gasteiger partial charge in [0.05, 0.1) is 30.8 Å². The molecule has 0 radical (unpaired) electrons. The number of rotatable bonds is 9. The van der Waals surface area contributed by atoms with Gasteiger partial charge in [-0.2, -0.15) is 0 Å². The van der Waals surface area contributed by atoms with E-state index in [9.17, 15) is 13.5 Å². The SMILES string of the molecule is C=CCOC[C@H](O)CS(=O)(=O)CCCC. The van der Waals surface area contributed by atoms with Crippen LogP contribution in [0.25, 0.3) is 0 Å². The molecule has 0 aliphatic carbocycles. The molecule has 0 fully saturated rings. The third kappa shape index (κ3) is 8.59. The largest absolute Gasteiger partial charge is 0.390 e. The number of ether oxygens (including phenoxy) is 1. The topological polar surface area (TPSA) is 63.6 Å². The average Bonchev–Trinajstić information content (AvgIpc) is 2.14. The first-order valence-corrected chi connectivity index (χ1v) is 6.91. The molecule has 0 aliphatic rings. The quantitative estimate of drug-likeness (QED) is 0.474. The van der Waals surface area contributed by atoms with Gasteiger partial charge in [0.25, 0.3) is 0 Å². The summed E-state index contributed by atoms with van der Waals surface area (Å²) in [6, 6.07) is 0. The van der Waals surface area contributed by atoms with Gasteiger partial charge in [0.2, 0.25) is 0 Å². The van der Waals surface area contributed by atoms with Gasteiger partial charge in [-0.1, -0.05) is 19.4 Å². The highest BCUT2D eigenvalue weighted by atomic mass is 32.2. The molecule has 0 rings (SSSR count). The lowest BCUT2D eigenvalue weighted by molar-refractivity contribution is 0.0616. The van der Waals surface area contributed by atoms with Crippen molar-refractivity contribution in [2.24, 2.45) is 0 Å². The third-order valence-corrected chi connectivity index (χ3v) is 3.60. The Bertz CT molecular complexity index is 259. The van der Waals surface area contributed by atoms with Crippen LogP contribution < -0.4 is 0 Å². The first-order valence-electron chi connectivity index (χ1n) is 5.09. The van der Waals surface area contributed by atoms with Crippen LogP contribution in [0.2, 0.25) is 0 Å². The van der Waals surface area contributed by atoms with Gasteiger partial charge in [0, 0.05) is 0 Å². The summed E-state index contributed by atoms with van der Waals surface area (Å²) in [6.45, 7) is 5.74. The van der Waals surface area contributed by atoms with Gasteiger partial charge >= 0.3 is 0 Å². The summed E-state index contributed by atoms with van der Waals surface area (Å²) < 4.78 is 27.8. The maximum absolute atomic E-state index is 11.4. The van der Waals surface area contributed by atoms with Crippen molar-refractivity contribution >= 4 is 9.84 Å². The van der Waals surface area contributed by atoms with E-state index in [2.05, 4.69) is 6.58 Å². The molecule has 0 unspecified atom stereocenters. The summed E-state index contributed by atoms with van der Waals surface area (Å²) in [7, 11) is -3.14. The molecule has 1 atom stereocenters. The zero-order valence-electron chi connectivity index (χ0n) is 9.18. The molecular weight excluding hydrogens is 216 g/mol. The minimum Gasteiger partial charge on any atom is -0.390 e. The van der Waals surface area contributed by atoms with Gasteiger partial charge in [-0.15, -0.1) is 6.58 Å². The molecule has 0 aromatic carbocycles. The van der Waals surface area contributed by atoms with Gasteiger partial charge in [-0.25, -0.2) is 8.42 Å². The van der Waals surface area contributed by atoms with Gasteiger partial charge in [0.1, 0.15) is 0 Å². The van der Waals surface area contributed by atoms with E-state index in [1.807, 2.05) is 6.92 Å². The zero-order chi connectivity index (χ0) is 11.7. The van der Waals surface area contributed by atoms with Gasteiger partial charge in [0.15, 0.2) is 9.84 Å². The Kier molecular flexibility index (Phi) is 7.64. The highest BCUT2D eigenvalue weighted by Crippen LogP contribution is 2.00. The van der Waals surface area contributed by atoms with Gasteiger partial charge in [-0.3, -0.25) is 0 Å². The van der Waals surface area contributed by atoms with Crippen molar-refractivity contribution < 1.29 is 18.3 Å². The zero-order valence-corrected chi connectivity index (χ0v) is 10.0. The summed E-state index contributed by atoms with van der Waals surface area (Å²) >= 11 is 0.